The summed E-state index contributed by atoms with van der Waals surface area (Å²) >= 11 is 0. The maximum Gasteiger partial charge on any atom is 0.319 e. The average molecular weight is 328 g/mol. The second kappa shape index (κ2) is 7.81. The van der Waals surface area contributed by atoms with Crippen LogP contribution >= 0.6 is 0 Å². The Morgan fingerprint density at radius 3 is 2.71 bits per heavy atom. The smallest absolute Gasteiger partial charge is 0.319 e. The minimum atomic E-state index is -0.282. The first kappa shape index (κ1) is 16.3. The molecule has 1 fully saturated rings. The van der Waals surface area contributed by atoms with Crippen molar-refractivity contribution in [3.63, 3.8) is 0 Å². The van der Waals surface area contributed by atoms with Crippen LogP contribution in [0.25, 0.3) is 0 Å². The molecule has 3 rings (SSSR count). The lowest BCUT2D eigenvalue weighted by molar-refractivity contribution is 0.248. The zero-order chi connectivity index (χ0) is 16.8. The summed E-state index contributed by atoms with van der Waals surface area (Å²) in [5.74, 6) is 0.341. The first-order chi connectivity index (χ1) is 11.7. The largest absolute Gasteiger partial charge is 0.489 e. The van der Waals surface area contributed by atoms with Gasteiger partial charge in [-0.2, -0.15) is 0 Å². The van der Waals surface area contributed by atoms with Crippen molar-refractivity contribution in [2.45, 2.75) is 38.3 Å². The van der Waals surface area contributed by atoms with E-state index in [1.807, 2.05) is 12.1 Å². The quantitative estimate of drug-likeness (QED) is 0.851. The Morgan fingerprint density at radius 1 is 1.12 bits per heavy atom. The van der Waals surface area contributed by atoms with Crippen LogP contribution in [0.2, 0.25) is 0 Å². The number of halogens is 1. The molecule has 24 heavy (non-hydrogen) atoms. The molecular formula is C19H21FN2O2. The van der Waals surface area contributed by atoms with E-state index < -0.39 is 0 Å². The number of carbonyl (C=O) groups is 1. The standard InChI is InChI=1S/C19H21FN2O2/c20-15-6-3-5-14(11-15)13-24-18-10-4-9-17(12-18)22-19(23)21-16-7-1-2-8-16/h3-6,9-12,16H,1-2,7-8,13H2,(H2,21,22,23). The van der Waals surface area contributed by atoms with Crippen molar-refractivity contribution >= 4 is 11.7 Å². The van der Waals surface area contributed by atoms with Gasteiger partial charge in [0.15, 0.2) is 0 Å². The van der Waals surface area contributed by atoms with E-state index in [9.17, 15) is 9.18 Å². The normalized spacial score (nSPS) is 14.4. The van der Waals surface area contributed by atoms with Gasteiger partial charge in [0.2, 0.25) is 0 Å². The molecule has 1 aliphatic carbocycles. The van der Waals surface area contributed by atoms with E-state index in [2.05, 4.69) is 10.6 Å². The third-order valence-corrected chi connectivity index (χ3v) is 4.08. The van der Waals surface area contributed by atoms with E-state index in [4.69, 9.17) is 4.74 Å². The molecule has 2 amide bonds. The molecule has 1 saturated carbocycles. The Morgan fingerprint density at radius 2 is 1.92 bits per heavy atom. The highest BCUT2D eigenvalue weighted by atomic mass is 19.1. The maximum absolute atomic E-state index is 13.2. The zero-order valence-electron chi connectivity index (χ0n) is 13.4. The molecule has 1 aliphatic rings. The molecule has 0 atom stereocenters. The van der Waals surface area contributed by atoms with Crippen LogP contribution in [0.5, 0.6) is 5.75 Å². The van der Waals surface area contributed by atoms with Crippen LogP contribution in [0.1, 0.15) is 31.2 Å². The van der Waals surface area contributed by atoms with E-state index >= 15 is 0 Å². The number of amides is 2. The molecular weight excluding hydrogens is 307 g/mol. The lowest BCUT2D eigenvalue weighted by atomic mass is 10.2. The van der Waals surface area contributed by atoms with Crippen LogP contribution < -0.4 is 15.4 Å². The van der Waals surface area contributed by atoms with E-state index in [1.54, 1.807) is 24.3 Å². The number of benzene rings is 2. The topological polar surface area (TPSA) is 50.4 Å². The van der Waals surface area contributed by atoms with Gasteiger partial charge in [0.05, 0.1) is 0 Å². The predicted octanol–water partition coefficient (Wildman–Crippen LogP) is 4.47. The minimum Gasteiger partial charge on any atom is -0.489 e. The number of anilines is 1. The van der Waals surface area contributed by atoms with Crippen molar-refractivity contribution in [2.75, 3.05) is 5.32 Å². The van der Waals surface area contributed by atoms with Crippen molar-refractivity contribution in [2.24, 2.45) is 0 Å². The fourth-order valence-electron chi connectivity index (χ4n) is 2.88. The molecule has 0 heterocycles. The molecule has 0 unspecified atom stereocenters. The summed E-state index contributed by atoms with van der Waals surface area (Å²) in [4.78, 5) is 12.0. The molecule has 2 N–H and O–H groups in total. The van der Waals surface area contributed by atoms with Crippen LogP contribution in [0.15, 0.2) is 48.5 Å². The molecule has 0 bridgehead atoms. The fourth-order valence-corrected chi connectivity index (χ4v) is 2.88. The van der Waals surface area contributed by atoms with Crippen LogP contribution in [-0.2, 0) is 6.61 Å². The van der Waals surface area contributed by atoms with Gasteiger partial charge in [-0.05, 0) is 42.7 Å². The molecule has 4 nitrogen and oxygen atoms in total. The summed E-state index contributed by atoms with van der Waals surface area (Å²) in [5.41, 5.74) is 1.43. The highest BCUT2D eigenvalue weighted by Gasteiger charge is 2.16. The van der Waals surface area contributed by atoms with Crippen LogP contribution in [-0.4, -0.2) is 12.1 Å². The molecule has 2 aromatic rings. The molecule has 126 valence electrons. The van der Waals surface area contributed by atoms with Crippen LogP contribution in [0.3, 0.4) is 0 Å². The summed E-state index contributed by atoms with van der Waals surface area (Å²) < 4.78 is 18.8. The van der Waals surface area contributed by atoms with Gasteiger partial charge in [0.1, 0.15) is 18.2 Å². The van der Waals surface area contributed by atoms with E-state index in [0.717, 1.165) is 18.4 Å². The first-order valence-corrected chi connectivity index (χ1v) is 8.24. The number of ether oxygens (including phenoxy) is 1. The zero-order valence-corrected chi connectivity index (χ0v) is 13.4. The van der Waals surface area contributed by atoms with Crippen LogP contribution in [0, 0.1) is 5.82 Å². The molecule has 5 heteroatoms. The summed E-state index contributed by atoms with van der Waals surface area (Å²) in [5, 5.41) is 5.80. The van der Waals surface area contributed by atoms with Gasteiger partial charge in [-0.15, -0.1) is 0 Å². The van der Waals surface area contributed by atoms with Crippen molar-refractivity contribution in [1.82, 2.24) is 5.32 Å². The molecule has 0 radical (unpaired) electrons. The Hall–Kier alpha value is -2.56. The first-order valence-electron chi connectivity index (χ1n) is 8.24. The Balaban J connectivity index is 1.54. The van der Waals surface area contributed by atoms with E-state index in [-0.39, 0.29) is 24.5 Å². The summed E-state index contributed by atoms with van der Waals surface area (Å²) in [6.07, 6.45) is 4.44. The lowest BCUT2D eigenvalue weighted by Gasteiger charge is -2.13. The second-order valence-electron chi connectivity index (χ2n) is 6.03. The highest BCUT2D eigenvalue weighted by Crippen LogP contribution is 2.20. The maximum atomic E-state index is 13.2. The SMILES string of the molecule is O=C(Nc1cccc(OCc2cccc(F)c2)c1)NC1CCCC1. The lowest BCUT2D eigenvalue weighted by Crippen LogP contribution is -2.36. The van der Waals surface area contributed by atoms with Gasteiger partial charge in [0, 0.05) is 17.8 Å². The summed E-state index contributed by atoms with van der Waals surface area (Å²) in [6.45, 7) is 0.273. The van der Waals surface area contributed by atoms with Crippen molar-refractivity contribution in [3.8, 4) is 5.75 Å². The third-order valence-electron chi connectivity index (χ3n) is 4.08. The number of urea groups is 1. The minimum absolute atomic E-state index is 0.191. The van der Waals surface area contributed by atoms with Gasteiger partial charge in [0.25, 0.3) is 0 Å². The van der Waals surface area contributed by atoms with Crippen LogP contribution in [0.4, 0.5) is 14.9 Å². The Kier molecular flexibility index (Phi) is 5.31. The number of rotatable bonds is 5. The van der Waals surface area contributed by atoms with Gasteiger partial charge in [-0.1, -0.05) is 31.0 Å². The van der Waals surface area contributed by atoms with Gasteiger partial charge in [-0.3, -0.25) is 0 Å². The average Bonchev–Trinajstić information content (AvgIpc) is 3.06. The fraction of sp³-hybridized carbons (Fsp3) is 0.316. The summed E-state index contributed by atoms with van der Waals surface area (Å²) in [6, 6.07) is 13.6. The third kappa shape index (κ3) is 4.72. The van der Waals surface area contributed by atoms with Gasteiger partial charge in [-0.25, -0.2) is 9.18 Å². The molecule has 2 aromatic carbocycles. The summed E-state index contributed by atoms with van der Waals surface area (Å²) in [7, 11) is 0. The molecule has 0 aliphatic heterocycles. The number of nitrogens with one attached hydrogen (secondary N) is 2. The van der Waals surface area contributed by atoms with Gasteiger partial charge >= 0.3 is 6.03 Å². The number of carbonyl (C=O) groups excluding carboxylic acids is 1. The van der Waals surface area contributed by atoms with Gasteiger partial charge < -0.3 is 15.4 Å². The van der Waals surface area contributed by atoms with Crippen molar-refractivity contribution in [3.05, 3.63) is 59.9 Å². The number of hydrogen-bond donors (Lipinski definition) is 2. The van der Waals surface area contributed by atoms with Crippen molar-refractivity contribution < 1.29 is 13.9 Å². The van der Waals surface area contributed by atoms with E-state index in [1.165, 1.54) is 25.0 Å². The Labute approximate surface area is 141 Å². The Bertz CT molecular complexity index is 699. The predicted molar refractivity (Wildman–Crippen MR) is 91.6 cm³/mol. The molecule has 0 aromatic heterocycles. The monoisotopic (exact) mass is 328 g/mol. The molecule has 0 saturated heterocycles. The van der Waals surface area contributed by atoms with Crippen molar-refractivity contribution in [1.29, 1.82) is 0 Å². The van der Waals surface area contributed by atoms with E-state index in [0.29, 0.717) is 11.4 Å². The number of hydrogen-bond acceptors (Lipinski definition) is 2. The molecule has 0 spiro atoms. The second-order valence-corrected chi connectivity index (χ2v) is 6.03. The highest BCUT2D eigenvalue weighted by molar-refractivity contribution is 5.89.